The summed E-state index contributed by atoms with van der Waals surface area (Å²) in [5.74, 6) is -2.03. The van der Waals surface area contributed by atoms with Crippen molar-refractivity contribution in [1.82, 2.24) is 15.0 Å². The van der Waals surface area contributed by atoms with E-state index in [1.165, 1.54) is 0 Å². The number of anilines is 1. The van der Waals surface area contributed by atoms with Crippen LogP contribution < -0.4 is 4.90 Å². The number of halogens is 3. The van der Waals surface area contributed by atoms with E-state index in [9.17, 15) is 13.2 Å². The molecule has 1 aliphatic rings. The summed E-state index contributed by atoms with van der Waals surface area (Å²) in [6.07, 6.45) is -1.55. The normalized spacial score (nSPS) is 16.5. The number of rotatable bonds is 3. The Balaban J connectivity index is 0.000000318. The van der Waals surface area contributed by atoms with Crippen molar-refractivity contribution in [1.29, 1.82) is 0 Å². The average molecular weight is 438 g/mol. The molecule has 158 valence electrons. The molecule has 1 saturated heterocycles. The number of morpholine rings is 1. The summed E-state index contributed by atoms with van der Waals surface area (Å²) in [4.78, 5) is 24.6. The summed E-state index contributed by atoms with van der Waals surface area (Å²) in [7, 11) is 0. The van der Waals surface area contributed by atoms with Crippen molar-refractivity contribution in [2.24, 2.45) is 0 Å². The minimum absolute atomic E-state index is 0.0554. The molecule has 3 aromatic rings. The Hall–Kier alpha value is -3.05. The Morgan fingerprint density at radius 1 is 1.17 bits per heavy atom. The number of hydrogen-bond acceptors (Lipinski definition) is 7. The summed E-state index contributed by atoms with van der Waals surface area (Å²) in [6.45, 7) is 2.06. The van der Waals surface area contributed by atoms with Crippen LogP contribution in [0, 0.1) is 0 Å². The molecular formula is C19H17F3N4O3S. The lowest BCUT2D eigenvalue weighted by Gasteiger charge is -2.34. The van der Waals surface area contributed by atoms with Crippen molar-refractivity contribution in [3.63, 3.8) is 0 Å². The van der Waals surface area contributed by atoms with Crippen LogP contribution in [0.4, 0.5) is 19.1 Å². The molecule has 1 unspecified atom stereocenters. The molecule has 1 aromatic carbocycles. The van der Waals surface area contributed by atoms with Crippen LogP contribution in [-0.2, 0) is 9.53 Å². The van der Waals surface area contributed by atoms with Gasteiger partial charge in [-0.15, -0.1) is 11.3 Å². The number of carboxylic acid groups (broad SMARTS) is 1. The fraction of sp³-hybridized carbons (Fsp3) is 0.263. The first-order valence-corrected chi connectivity index (χ1v) is 9.66. The molecule has 30 heavy (non-hydrogen) atoms. The smallest absolute Gasteiger partial charge is 0.475 e. The number of hydrogen-bond donors (Lipinski definition) is 1. The van der Waals surface area contributed by atoms with Crippen LogP contribution in [0.25, 0.3) is 10.6 Å². The molecule has 0 spiro atoms. The summed E-state index contributed by atoms with van der Waals surface area (Å²) in [6, 6.07) is 12.1. The van der Waals surface area contributed by atoms with Gasteiger partial charge in [-0.25, -0.2) is 19.7 Å². The van der Waals surface area contributed by atoms with Gasteiger partial charge in [-0.3, -0.25) is 0 Å². The zero-order valence-corrected chi connectivity index (χ0v) is 16.3. The average Bonchev–Trinajstić information content (AvgIpc) is 3.25. The lowest BCUT2D eigenvalue weighted by molar-refractivity contribution is -0.192. The Labute approximate surface area is 173 Å². The van der Waals surface area contributed by atoms with Gasteiger partial charge in [-0.2, -0.15) is 13.2 Å². The molecule has 1 fully saturated rings. The van der Waals surface area contributed by atoms with Crippen molar-refractivity contribution in [3.8, 4) is 10.6 Å². The topological polar surface area (TPSA) is 88.4 Å². The molecular weight excluding hydrogens is 421 g/mol. The number of aliphatic carboxylic acids is 1. The monoisotopic (exact) mass is 438 g/mol. The van der Waals surface area contributed by atoms with E-state index in [0.29, 0.717) is 13.2 Å². The summed E-state index contributed by atoms with van der Waals surface area (Å²) in [5, 5.41) is 10.3. The SMILES string of the molecule is O=C(O)C(F)(F)F.c1ccc(-c2nc(C3COCCN3c3ncccn3)cs2)cc1. The maximum atomic E-state index is 10.6. The van der Waals surface area contributed by atoms with Gasteiger partial charge in [0.05, 0.1) is 24.9 Å². The second kappa shape index (κ2) is 9.63. The Bertz CT molecular complexity index is 954. The fourth-order valence-corrected chi connectivity index (χ4v) is 3.55. The van der Waals surface area contributed by atoms with Gasteiger partial charge in [-0.05, 0) is 6.07 Å². The first-order valence-electron chi connectivity index (χ1n) is 8.78. The van der Waals surface area contributed by atoms with Crippen LogP contribution in [0.2, 0.25) is 0 Å². The van der Waals surface area contributed by atoms with E-state index in [-0.39, 0.29) is 6.04 Å². The number of ether oxygens (including phenoxy) is 1. The molecule has 0 radical (unpaired) electrons. The molecule has 0 amide bonds. The van der Waals surface area contributed by atoms with E-state index in [1.807, 2.05) is 24.3 Å². The molecule has 7 nitrogen and oxygen atoms in total. The van der Waals surface area contributed by atoms with E-state index in [4.69, 9.17) is 19.6 Å². The van der Waals surface area contributed by atoms with E-state index in [1.54, 1.807) is 23.7 Å². The largest absolute Gasteiger partial charge is 0.490 e. The Morgan fingerprint density at radius 2 is 1.83 bits per heavy atom. The van der Waals surface area contributed by atoms with Crippen LogP contribution in [0.3, 0.4) is 0 Å². The van der Waals surface area contributed by atoms with Gasteiger partial charge >= 0.3 is 12.1 Å². The van der Waals surface area contributed by atoms with Gasteiger partial charge in [0.2, 0.25) is 5.95 Å². The highest BCUT2D eigenvalue weighted by molar-refractivity contribution is 7.13. The van der Waals surface area contributed by atoms with Crippen molar-refractivity contribution in [2.75, 3.05) is 24.7 Å². The van der Waals surface area contributed by atoms with E-state index in [2.05, 4.69) is 32.4 Å². The number of carboxylic acids is 1. The molecule has 1 atom stereocenters. The molecule has 4 rings (SSSR count). The minimum Gasteiger partial charge on any atom is -0.475 e. The van der Waals surface area contributed by atoms with E-state index in [0.717, 1.165) is 28.8 Å². The van der Waals surface area contributed by atoms with E-state index < -0.39 is 12.1 Å². The summed E-state index contributed by atoms with van der Waals surface area (Å²) >= 11 is 1.66. The number of carbonyl (C=O) groups is 1. The fourth-order valence-electron chi connectivity index (χ4n) is 2.68. The third kappa shape index (κ3) is 5.51. The number of thiazole rings is 1. The van der Waals surface area contributed by atoms with Crippen LogP contribution in [0.15, 0.2) is 54.2 Å². The zero-order valence-electron chi connectivity index (χ0n) is 15.5. The minimum atomic E-state index is -5.08. The quantitative estimate of drug-likeness (QED) is 0.665. The first kappa shape index (κ1) is 21.7. The predicted octanol–water partition coefficient (Wildman–Crippen LogP) is 3.81. The standard InChI is InChI=1S/C17H16N4OS.C2HF3O2/c1-2-5-13(6-3-1)16-20-14(12-23-16)15-11-22-10-9-21(15)17-18-7-4-8-19-17;3-2(4,5)1(6)7/h1-8,12,15H,9-11H2;(H,6,7). The van der Waals surface area contributed by atoms with Gasteiger partial charge in [0.1, 0.15) is 5.01 Å². The molecule has 11 heteroatoms. The van der Waals surface area contributed by atoms with Gasteiger partial charge in [0.25, 0.3) is 0 Å². The van der Waals surface area contributed by atoms with Crippen LogP contribution in [0.1, 0.15) is 11.7 Å². The van der Waals surface area contributed by atoms with Crippen LogP contribution in [-0.4, -0.2) is 52.0 Å². The van der Waals surface area contributed by atoms with Crippen molar-refractivity contribution in [2.45, 2.75) is 12.2 Å². The molecule has 1 aliphatic heterocycles. The lowest BCUT2D eigenvalue weighted by atomic mass is 10.2. The highest BCUT2D eigenvalue weighted by Crippen LogP contribution is 2.31. The third-order valence-corrected chi connectivity index (χ3v) is 4.97. The number of alkyl halides is 3. The maximum Gasteiger partial charge on any atom is 0.490 e. The second-order valence-corrected chi connectivity index (χ2v) is 6.94. The van der Waals surface area contributed by atoms with Gasteiger partial charge in [0, 0.05) is 29.9 Å². The Kier molecular flexibility index (Phi) is 6.95. The Morgan fingerprint density at radius 3 is 2.47 bits per heavy atom. The number of aromatic nitrogens is 3. The second-order valence-electron chi connectivity index (χ2n) is 6.08. The van der Waals surface area contributed by atoms with Gasteiger partial charge in [0.15, 0.2) is 0 Å². The van der Waals surface area contributed by atoms with Crippen molar-refractivity contribution >= 4 is 23.3 Å². The van der Waals surface area contributed by atoms with E-state index >= 15 is 0 Å². The zero-order chi connectivity index (χ0) is 21.6. The molecule has 3 heterocycles. The molecule has 1 N–H and O–H groups in total. The third-order valence-electron chi connectivity index (χ3n) is 4.06. The predicted molar refractivity (Wildman–Crippen MR) is 104 cm³/mol. The van der Waals surface area contributed by atoms with Crippen LogP contribution >= 0.6 is 11.3 Å². The van der Waals surface area contributed by atoms with Gasteiger partial charge in [-0.1, -0.05) is 30.3 Å². The molecule has 0 bridgehead atoms. The molecule has 0 saturated carbocycles. The highest BCUT2D eigenvalue weighted by atomic mass is 32.1. The summed E-state index contributed by atoms with van der Waals surface area (Å²) in [5.41, 5.74) is 2.16. The first-order chi connectivity index (χ1) is 14.4. The molecule has 2 aromatic heterocycles. The molecule has 0 aliphatic carbocycles. The number of nitrogens with zero attached hydrogens (tertiary/aromatic N) is 4. The van der Waals surface area contributed by atoms with Crippen LogP contribution in [0.5, 0.6) is 0 Å². The highest BCUT2D eigenvalue weighted by Gasteiger charge is 2.38. The van der Waals surface area contributed by atoms with Gasteiger partial charge < -0.3 is 14.7 Å². The lowest BCUT2D eigenvalue weighted by Crippen LogP contribution is -2.40. The number of benzene rings is 1. The van der Waals surface area contributed by atoms with Crippen molar-refractivity contribution < 1.29 is 27.8 Å². The maximum absolute atomic E-state index is 10.6. The van der Waals surface area contributed by atoms with Crippen molar-refractivity contribution in [3.05, 3.63) is 59.9 Å². The summed E-state index contributed by atoms with van der Waals surface area (Å²) < 4.78 is 37.4.